The van der Waals surface area contributed by atoms with Crippen molar-refractivity contribution < 1.29 is 13.9 Å². The summed E-state index contributed by atoms with van der Waals surface area (Å²) < 4.78 is 21.4. The van der Waals surface area contributed by atoms with Crippen LogP contribution in [0.2, 0.25) is 0 Å². The van der Waals surface area contributed by atoms with Crippen molar-refractivity contribution in [1.82, 2.24) is 19.7 Å². The van der Waals surface area contributed by atoms with Gasteiger partial charge in [0.2, 0.25) is 5.88 Å². The van der Waals surface area contributed by atoms with Crippen LogP contribution in [0.5, 0.6) is 5.88 Å². The molecule has 0 aliphatic carbocycles. The number of hydrogen-bond donors (Lipinski definition) is 0. The normalized spacial score (nSPS) is 13.3. The monoisotopic (exact) mass is 352 g/mol. The van der Waals surface area contributed by atoms with Crippen molar-refractivity contribution in [1.29, 1.82) is 0 Å². The molecule has 3 aromatic rings. The van der Waals surface area contributed by atoms with Crippen molar-refractivity contribution in [3.8, 4) is 5.88 Å². The maximum Gasteiger partial charge on any atom is 0.275 e. The first-order chi connectivity index (χ1) is 12.7. The predicted molar refractivity (Wildman–Crippen MR) is 91.9 cm³/mol. The van der Waals surface area contributed by atoms with E-state index in [1.165, 1.54) is 18.3 Å². The van der Waals surface area contributed by atoms with E-state index in [2.05, 4.69) is 10.1 Å². The summed E-state index contributed by atoms with van der Waals surface area (Å²) in [7, 11) is 0. The van der Waals surface area contributed by atoms with Crippen LogP contribution in [-0.4, -0.2) is 32.1 Å². The van der Waals surface area contributed by atoms with E-state index in [0.717, 1.165) is 11.3 Å². The van der Waals surface area contributed by atoms with E-state index >= 15 is 0 Å². The number of ether oxygens (including phenoxy) is 1. The Balaban J connectivity index is 1.45. The number of amides is 1. The maximum absolute atomic E-state index is 13.8. The summed E-state index contributed by atoms with van der Waals surface area (Å²) in [6.07, 6.45) is 1.42. The minimum Gasteiger partial charge on any atom is -0.472 e. The third kappa shape index (κ3) is 3.28. The number of nitrogens with zero attached hydrogens (tertiary/aromatic N) is 4. The smallest absolute Gasteiger partial charge is 0.275 e. The fourth-order valence-corrected chi connectivity index (χ4v) is 2.91. The first-order valence-corrected chi connectivity index (χ1v) is 8.34. The quantitative estimate of drug-likeness (QED) is 0.724. The largest absolute Gasteiger partial charge is 0.472 e. The highest BCUT2D eigenvalue weighted by atomic mass is 19.1. The SMILES string of the molecule is O=C(c1ncccc1F)N1CCn2nc(OCc3ccccc3)cc2C1. The molecule has 3 heterocycles. The number of carbonyl (C=O) groups is 1. The maximum atomic E-state index is 13.8. The molecule has 0 bridgehead atoms. The summed E-state index contributed by atoms with van der Waals surface area (Å²) in [5, 5.41) is 4.42. The lowest BCUT2D eigenvalue weighted by atomic mass is 10.2. The van der Waals surface area contributed by atoms with Gasteiger partial charge in [0.25, 0.3) is 5.91 Å². The van der Waals surface area contributed by atoms with Crippen LogP contribution in [0.1, 0.15) is 21.7 Å². The van der Waals surface area contributed by atoms with Crippen molar-refractivity contribution in [3.63, 3.8) is 0 Å². The lowest BCUT2D eigenvalue weighted by molar-refractivity contribution is 0.0694. The molecule has 0 radical (unpaired) electrons. The molecule has 7 heteroatoms. The van der Waals surface area contributed by atoms with E-state index in [-0.39, 0.29) is 5.69 Å². The fraction of sp³-hybridized carbons (Fsp3) is 0.211. The number of fused-ring (bicyclic) bond motifs is 1. The van der Waals surface area contributed by atoms with Gasteiger partial charge in [0.15, 0.2) is 11.5 Å². The van der Waals surface area contributed by atoms with E-state index in [0.29, 0.717) is 32.1 Å². The number of pyridine rings is 1. The molecule has 2 aromatic heterocycles. The minimum atomic E-state index is -0.608. The molecule has 0 fully saturated rings. The van der Waals surface area contributed by atoms with E-state index in [1.807, 2.05) is 41.1 Å². The van der Waals surface area contributed by atoms with Gasteiger partial charge in [-0.05, 0) is 17.7 Å². The summed E-state index contributed by atoms with van der Waals surface area (Å²) in [6, 6.07) is 14.4. The average molecular weight is 352 g/mol. The number of carbonyl (C=O) groups excluding carboxylic acids is 1. The van der Waals surface area contributed by atoms with E-state index in [9.17, 15) is 9.18 Å². The number of rotatable bonds is 4. The third-order valence-corrected chi connectivity index (χ3v) is 4.25. The molecule has 6 nitrogen and oxygen atoms in total. The molecule has 0 spiro atoms. The second-order valence-corrected chi connectivity index (χ2v) is 6.03. The molecule has 1 aromatic carbocycles. The zero-order valence-corrected chi connectivity index (χ0v) is 14.0. The summed E-state index contributed by atoms with van der Waals surface area (Å²) in [5.74, 6) is -0.507. The van der Waals surface area contributed by atoms with Crippen molar-refractivity contribution in [2.75, 3.05) is 6.54 Å². The van der Waals surface area contributed by atoms with Crippen LogP contribution in [0.3, 0.4) is 0 Å². The Kier molecular flexibility index (Phi) is 4.35. The van der Waals surface area contributed by atoms with Crippen molar-refractivity contribution >= 4 is 5.91 Å². The molecule has 0 saturated heterocycles. The van der Waals surface area contributed by atoms with Crippen molar-refractivity contribution in [3.05, 3.63) is 77.5 Å². The molecule has 1 amide bonds. The van der Waals surface area contributed by atoms with Crippen LogP contribution in [0.4, 0.5) is 4.39 Å². The Hall–Kier alpha value is -3.22. The average Bonchev–Trinajstić information content (AvgIpc) is 3.09. The van der Waals surface area contributed by atoms with Gasteiger partial charge in [0.1, 0.15) is 6.61 Å². The Morgan fingerprint density at radius 1 is 1.15 bits per heavy atom. The Bertz CT molecular complexity index is 926. The topological polar surface area (TPSA) is 60.2 Å². The first kappa shape index (κ1) is 16.3. The second kappa shape index (κ2) is 6.95. The standard InChI is InChI=1S/C19H17FN4O2/c20-16-7-4-8-21-18(16)19(25)23-9-10-24-15(12-23)11-17(22-24)26-13-14-5-2-1-3-6-14/h1-8,11H,9-10,12-13H2. The first-order valence-electron chi connectivity index (χ1n) is 8.34. The van der Waals surface area contributed by atoms with Crippen molar-refractivity contribution in [2.45, 2.75) is 19.7 Å². The highest BCUT2D eigenvalue weighted by Crippen LogP contribution is 2.20. The molecule has 4 rings (SSSR count). The van der Waals surface area contributed by atoms with Crippen LogP contribution in [0.25, 0.3) is 0 Å². The van der Waals surface area contributed by atoms with Crippen molar-refractivity contribution in [2.24, 2.45) is 0 Å². The van der Waals surface area contributed by atoms with Gasteiger partial charge in [-0.2, -0.15) is 0 Å². The van der Waals surface area contributed by atoms with E-state index in [1.54, 1.807) is 4.90 Å². The number of hydrogen-bond acceptors (Lipinski definition) is 4. The minimum absolute atomic E-state index is 0.152. The van der Waals surface area contributed by atoms with Gasteiger partial charge in [-0.15, -0.1) is 5.10 Å². The van der Waals surface area contributed by atoms with Crippen LogP contribution >= 0.6 is 0 Å². The van der Waals surface area contributed by atoms with Gasteiger partial charge < -0.3 is 9.64 Å². The Labute approximate surface area is 149 Å². The van der Waals surface area contributed by atoms with Gasteiger partial charge in [-0.1, -0.05) is 30.3 Å². The summed E-state index contributed by atoms with van der Waals surface area (Å²) in [6.45, 7) is 1.75. The van der Waals surface area contributed by atoms with Crippen LogP contribution < -0.4 is 4.74 Å². The molecular weight excluding hydrogens is 335 g/mol. The highest BCUT2D eigenvalue weighted by molar-refractivity contribution is 5.92. The van der Waals surface area contributed by atoms with E-state index in [4.69, 9.17) is 4.74 Å². The Morgan fingerprint density at radius 3 is 2.81 bits per heavy atom. The fourth-order valence-electron chi connectivity index (χ4n) is 2.91. The molecule has 132 valence electrons. The molecular formula is C19H17FN4O2. The summed E-state index contributed by atoms with van der Waals surface area (Å²) in [5.41, 5.74) is 1.76. The number of halogens is 1. The van der Waals surface area contributed by atoms with Crippen LogP contribution in [0.15, 0.2) is 54.7 Å². The third-order valence-electron chi connectivity index (χ3n) is 4.25. The van der Waals surface area contributed by atoms with Gasteiger partial charge in [-0.25, -0.2) is 9.37 Å². The lowest BCUT2D eigenvalue weighted by Crippen LogP contribution is -2.39. The summed E-state index contributed by atoms with van der Waals surface area (Å²) >= 11 is 0. The molecule has 1 aliphatic heterocycles. The molecule has 1 aliphatic rings. The molecule has 0 saturated carbocycles. The molecule has 0 atom stereocenters. The van der Waals surface area contributed by atoms with Gasteiger partial charge >= 0.3 is 0 Å². The molecule has 26 heavy (non-hydrogen) atoms. The number of aromatic nitrogens is 3. The highest BCUT2D eigenvalue weighted by Gasteiger charge is 2.26. The zero-order chi connectivity index (χ0) is 17.9. The second-order valence-electron chi connectivity index (χ2n) is 6.03. The van der Waals surface area contributed by atoms with Gasteiger partial charge in [-0.3, -0.25) is 9.48 Å². The van der Waals surface area contributed by atoms with Gasteiger partial charge in [0, 0.05) is 18.8 Å². The molecule has 0 unspecified atom stereocenters. The predicted octanol–water partition coefficient (Wildman–Crippen LogP) is 2.65. The van der Waals surface area contributed by atoms with Crippen LogP contribution in [-0.2, 0) is 19.7 Å². The van der Waals surface area contributed by atoms with Crippen LogP contribution in [0, 0.1) is 5.82 Å². The molecule has 0 N–H and O–H groups in total. The lowest BCUT2D eigenvalue weighted by Gasteiger charge is -2.27. The zero-order valence-electron chi connectivity index (χ0n) is 14.0. The van der Waals surface area contributed by atoms with Gasteiger partial charge in [0.05, 0.1) is 18.8 Å². The summed E-state index contributed by atoms with van der Waals surface area (Å²) in [4.78, 5) is 17.9. The number of benzene rings is 1. The Morgan fingerprint density at radius 2 is 2.00 bits per heavy atom. The van der Waals surface area contributed by atoms with E-state index < -0.39 is 11.7 Å².